The number of benzene rings is 1. The van der Waals surface area contributed by atoms with Crippen LogP contribution in [0, 0.1) is 17.5 Å². The van der Waals surface area contributed by atoms with Crippen LogP contribution in [-0.2, 0) is 0 Å². The molecule has 2 nitrogen and oxygen atoms in total. The molecule has 0 aliphatic carbocycles. The molecule has 0 unspecified atom stereocenters. The topological polar surface area (TPSA) is 35.2 Å². The molecule has 0 bridgehead atoms. The van der Waals surface area contributed by atoms with Gasteiger partial charge in [-0.2, -0.15) is 4.39 Å². The third-order valence-electron chi connectivity index (χ3n) is 1.60. The molecule has 2 N–H and O–H groups in total. The molecule has 84 valence electrons. The number of rotatable bonds is 3. The minimum absolute atomic E-state index is 0.00892. The van der Waals surface area contributed by atoms with E-state index in [2.05, 4.69) is 0 Å². The molecule has 0 amide bonds. The number of nitrogens with two attached hydrogens (primary N) is 1. The zero-order valence-corrected chi connectivity index (χ0v) is 8.48. The third kappa shape index (κ3) is 3.13. The molecule has 0 aliphatic rings. The van der Waals surface area contributed by atoms with Crippen molar-refractivity contribution in [2.24, 2.45) is 5.73 Å². The van der Waals surface area contributed by atoms with Crippen LogP contribution in [0.1, 0.15) is 13.8 Å². The van der Waals surface area contributed by atoms with Crippen LogP contribution < -0.4 is 10.5 Å². The van der Waals surface area contributed by atoms with Gasteiger partial charge in [0, 0.05) is 5.54 Å². The molecule has 0 fully saturated rings. The fourth-order valence-corrected chi connectivity index (χ4v) is 0.883. The van der Waals surface area contributed by atoms with Crippen LogP contribution in [0.3, 0.4) is 0 Å². The van der Waals surface area contributed by atoms with E-state index in [0.29, 0.717) is 0 Å². The van der Waals surface area contributed by atoms with Crippen molar-refractivity contribution in [2.75, 3.05) is 6.61 Å². The highest BCUT2D eigenvalue weighted by Crippen LogP contribution is 2.22. The van der Waals surface area contributed by atoms with Crippen molar-refractivity contribution >= 4 is 0 Å². The number of hydrogen-bond acceptors (Lipinski definition) is 2. The van der Waals surface area contributed by atoms with Gasteiger partial charge in [0.15, 0.2) is 17.4 Å². The SMILES string of the molecule is CC(C)(N)COc1ccc(F)c(F)c1F. The second kappa shape index (κ2) is 4.10. The summed E-state index contributed by atoms with van der Waals surface area (Å²) in [4.78, 5) is 0. The summed E-state index contributed by atoms with van der Waals surface area (Å²) in [5.41, 5.74) is 4.92. The smallest absolute Gasteiger partial charge is 0.203 e. The number of hydrogen-bond donors (Lipinski definition) is 1. The van der Waals surface area contributed by atoms with E-state index in [1.54, 1.807) is 13.8 Å². The van der Waals surface area contributed by atoms with Crippen molar-refractivity contribution in [1.82, 2.24) is 0 Å². The molecule has 1 rings (SSSR count). The van der Waals surface area contributed by atoms with Crippen molar-refractivity contribution in [3.05, 3.63) is 29.6 Å². The number of halogens is 3. The highest BCUT2D eigenvalue weighted by molar-refractivity contribution is 5.26. The normalized spacial score (nSPS) is 11.6. The molecule has 15 heavy (non-hydrogen) atoms. The van der Waals surface area contributed by atoms with E-state index in [1.807, 2.05) is 0 Å². The van der Waals surface area contributed by atoms with E-state index >= 15 is 0 Å². The van der Waals surface area contributed by atoms with Gasteiger partial charge in [0.2, 0.25) is 5.82 Å². The fourth-order valence-electron chi connectivity index (χ4n) is 0.883. The maximum absolute atomic E-state index is 13.1. The maximum Gasteiger partial charge on any atom is 0.203 e. The summed E-state index contributed by atoms with van der Waals surface area (Å²) in [6.45, 7) is 3.35. The van der Waals surface area contributed by atoms with Crippen LogP contribution in [0.2, 0.25) is 0 Å². The molecule has 0 aliphatic heterocycles. The summed E-state index contributed by atoms with van der Waals surface area (Å²) in [5.74, 6) is -4.46. The Balaban J connectivity index is 2.83. The summed E-state index contributed by atoms with van der Waals surface area (Å²) in [6.07, 6.45) is 0. The molecule has 0 aromatic heterocycles. The predicted octanol–water partition coefficient (Wildman–Crippen LogP) is 2.22. The summed E-state index contributed by atoms with van der Waals surface area (Å²) in [6, 6.07) is 1.83. The van der Waals surface area contributed by atoms with Crippen molar-refractivity contribution in [1.29, 1.82) is 0 Å². The number of ether oxygens (including phenoxy) is 1. The molecule has 0 atom stereocenters. The van der Waals surface area contributed by atoms with Gasteiger partial charge in [-0.05, 0) is 26.0 Å². The van der Waals surface area contributed by atoms with Gasteiger partial charge in [-0.3, -0.25) is 0 Å². The molecule has 0 saturated carbocycles. The highest BCUT2D eigenvalue weighted by atomic mass is 19.2. The minimum Gasteiger partial charge on any atom is -0.489 e. The first-order chi connectivity index (χ1) is 6.81. The van der Waals surface area contributed by atoms with E-state index in [4.69, 9.17) is 10.5 Å². The second-order valence-electron chi connectivity index (χ2n) is 3.95. The molecule has 5 heteroatoms. The van der Waals surface area contributed by atoms with Crippen LogP contribution in [0.5, 0.6) is 5.75 Å². The summed E-state index contributed by atoms with van der Waals surface area (Å²) < 4.78 is 43.3. The zero-order chi connectivity index (χ0) is 11.6. The Morgan fingerprint density at radius 3 is 2.33 bits per heavy atom. The van der Waals surface area contributed by atoms with Crippen LogP contribution in [0.15, 0.2) is 12.1 Å². The molecular weight excluding hydrogens is 207 g/mol. The van der Waals surface area contributed by atoms with Gasteiger partial charge < -0.3 is 10.5 Å². The lowest BCUT2D eigenvalue weighted by atomic mass is 10.1. The largest absolute Gasteiger partial charge is 0.489 e. The van der Waals surface area contributed by atoms with Gasteiger partial charge >= 0.3 is 0 Å². The van der Waals surface area contributed by atoms with Gasteiger partial charge in [-0.1, -0.05) is 0 Å². The van der Waals surface area contributed by atoms with Crippen LogP contribution in [-0.4, -0.2) is 12.1 Å². The fraction of sp³-hybridized carbons (Fsp3) is 0.400. The average Bonchev–Trinajstić information content (AvgIpc) is 2.12. The monoisotopic (exact) mass is 219 g/mol. The lowest BCUT2D eigenvalue weighted by Crippen LogP contribution is -2.38. The lowest BCUT2D eigenvalue weighted by molar-refractivity contribution is 0.230. The van der Waals surface area contributed by atoms with E-state index in [1.165, 1.54) is 0 Å². The van der Waals surface area contributed by atoms with Crippen LogP contribution in [0.4, 0.5) is 13.2 Å². The van der Waals surface area contributed by atoms with E-state index in [0.717, 1.165) is 12.1 Å². The molecule has 1 aromatic carbocycles. The van der Waals surface area contributed by atoms with Gasteiger partial charge in [-0.15, -0.1) is 0 Å². The molecular formula is C10H12F3NO. The van der Waals surface area contributed by atoms with Gasteiger partial charge in [0.05, 0.1) is 0 Å². The summed E-state index contributed by atoms with van der Waals surface area (Å²) >= 11 is 0. The van der Waals surface area contributed by atoms with Crippen LogP contribution in [0.25, 0.3) is 0 Å². The third-order valence-corrected chi connectivity index (χ3v) is 1.60. The Hall–Kier alpha value is -1.23. The minimum atomic E-state index is -1.54. The Labute approximate surface area is 85.8 Å². The molecule has 0 heterocycles. The lowest BCUT2D eigenvalue weighted by Gasteiger charge is -2.19. The zero-order valence-electron chi connectivity index (χ0n) is 8.48. The first-order valence-electron chi connectivity index (χ1n) is 4.36. The molecule has 0 saturated heterocycles. The predicted molar refractivity (Wildman–Crippen MR) is 50.1 cm³/mol. The Kier molecular flexibility index (Phi) is 3.24. The van der Waals surface area contributed by atoms with E-state index in [-0.39, 0.29) is 12.4 Å². The highest BCUT2D eigenvalue weighted by Gasteiger charge is 2.17. The Morgan fingerprint density at radius 2 is 1.80 bits per heavy atom. The Bertz CT molecular complexity index is 360. The first-order valence-corrected chi connectivity index (χ1v) is 4.36. The Morgan fingerprint density at radius 1 is 1.20 bits per heavy atom. The second-order valence-corrected chi connectivity index (χ2v) is 3.95. The van der Waals surface area contributed by atoms with Crippen molar-refractivity contribution in [3.63, 3.8) is 0 Å². The molecule has 0 radical (unpaired) electrons. The first kappa shape index (κ1) is 11.8. The van der Waals surface area contributed by atoms with Crippen molar-refractivity contribution < 1.29 is 17.9 Å². The maximum atomic E-state index is 13.1. The van der Waals surface area contributed by atoms with Gasteiger partial charge in [0.25, 0.3) is 0 Å². The quantitative estimate of drug-likeness (QED) is 0.791. The van der Waals surface area contributed by atoms with E-state index in [9.17, 15) is 13.2 Å². The average molecular weight is 219 g/mol. The van der Waals surface area contributed by atoms with Crippen LogP contribution >= 0.6 is 0 Å². The van der Waals surface area contributed by atoms with E-state index < -0.39 is 23.0 Å². The molecule has 1 aromatic rings. The summed E-state index contributed by atoms with van der Waals surface area (Å²) in [5, 5.41) is 0. The molecule has 0 spiro atoms. The van der Waals surface area contributed by atoms with Crippen molar-refractivity contribution in [2.45, 2.75) is 19.4 Å². The van der Waals surface area contributed by atoms with Gasteiger partial charge in [0.1, 0.15) is 6.61 Å². The van der Waals surface area contributed by atoms with Gasteiger partial charge in [-0.25, -0.2) is 8.78 Å². The standard InChI is InChI=1S/C10H12F3NO/c1-10(2,14)5-15-7-4-3-6(11)8(12)9(7)13/h3-4H,5,14H2,1-2H3. The van der Waals surface area contributed by atoms with Crippen molar-refractivity contribution in [3.8, 4) is 5.75 Å². The summed E-state index contributed by atoms with van der Waals surface area (Å²) in [7, 11) is 0.